The Morgan fingerprint density at radius 2 is 1.21 bits per heavy atom. The molecule has 4 aromatic carbocycles. The summed E-state index contributed by atoms with van der Waals surface area (Å²) in [5, 5.41) is 2.76. The Kier molecular flexibility index (Phi) is 9.20. The van der Waals surface area contributed by atoms with Gasteiger partial charge in [0.15, 0.2) is 5.75 Å². The molecule has 0 saturated heterocycles. The van der Waals surface area contributed by atoms with Gasteiger partial charge in [-0.05, 0) is 59.5 Å². The van der Waals surface area contributed by atoms with Crippen molar-refractivity contribution in [1.82, 2.24) is 5.32 Å². The van der Waals surface area contributed by atoms with E-state index in [0.717, 1.165) is 24.3 Å². The van der Waals surface area contributed by atoms with Crippen LogP contribution in [-0.4, -0.2) is 25.4 Å². The summed E-state index contributed by atoms with van der Waals surface area (Å²) in [6.45, 7) is -0.323. The Labute approximate surface area is 241 Å². The summed E-state index contributed by atoms with van der Waals surface area (Å²) < 4.78 is 92.3. The van der Waals surface area contributed by atoms with Crippen LogP contribution < -0.4 is 19.5 Å². The number of hydrogen-bond donors (Lipinski definition) is 1. The first-order chi connectivity index (χ1) is 19.8. The van der Waals surface area contributed by atoms with Gasteiger partial charge < -0.3 is 19.5 Å². The zero-order chi connectivity index (χ0) is 30.4. The van der Waals surface area contributed by atoms with Crippen molar-refractivity contribution in [3.05, 3.63) is 125 Å². The second-order valence-corrected chi connectivity index (χ2v) is 9.48. The summed E-state index contributed by atoms with van der Waals surface area (Å²) in [5.74, 6) is -1.07. The van der Waals surface area contributed by atoms with Crippen LogP contribution in [-0.2, 0) is 11.8 Å². The summed E-state index contributed by atoms with van der Waals surface area (Å²) in [6, 6.07) is 24.9. The molecular formula is C30H22ClF6NO4. The fourth-order valence-electron chi connectivity index (χ4n) is 4.45. The molecule has 0 aromatic heterocycles. The molecule has 0 bridgehead atoms. The molecule has 5 nitrogen and oxygen atoms in total. The lowest BCUT2D eigenvalue weighted by Crippen LogP contribution is -2.44. The molecule has 0 aliphatic rings. The third-order valence-corrected chi connectivity index (χ3v) is 6.48. The molecule has 0 radical (unpaired) electrons. The molecule has 0 spiro atoms. The Hall–Kier alpha value is -4.38. The summed E-state index contributed by atoms with van der Waals surface area (Å²) in [6.07, 6.45) is -10.9. The minimum absolute atomic E-state index is 0.0329. The number of hydrogen-bond acceptors (Lipinski definition) is 4. The van der Waals surface area contributed by atoms with Gasteiger partial charge in [0.1, 0.15) is 11.5 Å². The van der Waals surface area contributed by atoms with E-state index in [-0.39, 0.29) is 34.9 Å². The highest BCUT2D eigenvalue weighted by Gasteiger charge is 2.38. The number of ether oxygens (including phenoxy) is 3. The Morgan fingerprint density at radius 3 is 1.74 bits per heavy atom. The fourth-order valence-corrected chi connectivity index (χ4v) is 4.62. The molecule has 12 heteroatoms. The van der Waals surface area contributed by atoms with E-state index in [1.54, 1.807) is 42.5 Å². The molecule has 0 atom stereocenters. The highest BCUT2D eigenvalue weighted by Crippen LogP contribution is 2.40. The highest BCUT2D eigenvalue weighted by molar-refractivity contribution is 6.32. The molecule has 220 valence electrons. The van der Waals surface area contributed by atoms with E-state index < -0.39 is 35.7 Å². The normalized spacial score (nSPS) is 12.0. The minimum Gasteiger partial charge on any atom is -0.409 e. The number of carbonyl (C=O) groups is 1. The number of benzene rings is 4. The van der Waals surface area contributed by atoms with Gasteiger partial charge in [-0.2, -0.15) is 0 Å². The van der Waals surface area contributed by atoms with E-state index in [4.69, 9.17) is 16.3 Å². The van der Waals surface area contributed by atoms with Crippen LogP contribution in [0.5, 0.6) is 17.2 Å². The van der Waals surface area contributed by atoms with E-state index in [2.05, 4.69) is 14.8 Å². The predicted octanol–water partition coefficient (Wildman–Crippen LogP) is 8.45. The number of carbonyl (C=O) groups excluding carboxylic acids is 1. The molecular weight excluding hydrogens is 588 g/mol. The number of halogens is 7. The van der Waals surface area contributed by atoms with E-state index in [9.17, 15) is 31.1 Å². The van der Waals surface area contributed by atoms with Gasteiger partial charge in [-0.25, -0.2) is 4.79 Å². The number of para-hydroxylation sites is 1. The number of alkyl halides is 6. The molecule has 0 saturated carbocycles. The molecule has 0 aliphatic heterocycles. The largest absolute Gasteiger partial charge is 0.573 e. The summed E-state index contributed by atoms with van der Waals surface area (Å²) in [5.41, 5.74) is -0.370. The monoisotopic (exact) mass is 609 g/mol. The third kappa shape index (κ3) is 8.32. The number of amides is 1. The van der Waals surface area contributed by atoms with E-state index in [1.165, 1.54) is 36.4 Å². The fraction of sp³-hybridized carbons (Fsp3) is 0.167. The van der Waals surface area contributed by atoms with Crippen LogP contribution in [0.15, 0.2) is 103 Å². The average Bonchev–Trinajstić information content (AvgIpc) is 2.91. The Morgan fingerprint density at radius 1 is 0.690 bits per heavy atom. The Bertz CT molecular complexity index is 1450. The van der Waals surface area contributed by atoms with Crippen molar-refractivity contribution in [1.29, 1.82) is 0 Å². The van der Waals surface area contributed by atoms with Gasteiger partial charge in [0.05, 0.1) is 5.02 Å². The smallest absolute Gasteiger partial charge is 0.409 e. The first kappa shape index (κ1) is 30.6. The van der Waals surface area contributed by atoms with Crippen LogP contribution in [0.1, 0.15) is 16.7 Å². The topological polar surface area (TPSA) is 56.8 Å². The molecule has 0 unspecified atom stereocenters. The predicted molar refractivity (Wildman–Crippen MR) is 143 cm³/mol. The van der Waals surface area contributed by atoms with Crippen molar-refractivity contribution in [3.8, 4) is 17.2 Å². The molecule has 42 heavy (non-hydrogen) atoms. The van der Waals surface area contributed by atoms with Crippen molar-refractivity contribution in [2.75, 3.05) is 6.54 Å². The van der Waals surface area contributed by atoms with E-state index >= 15 is 0 Å². The molecule has 4 aromatic rings. The third-order valence-electron chi connectivity index (χ3n) is 6.16. The van der Waals surface area contributed by atoms with Crippen molar-refractivity contribution in [3.63, 3.8) is 0 Å². The van der Waals surface area contributed by atoms with Crippen LogP contribution in [0.2, 0.25) is 5.02 Å². The standard InChI is InChI=1S/C30H22ClF6NO4/c31-25-14-4-5-15-26(25)40-27(39)38-19-28(18-20-8-2-1-3-9-20,21-10-6-12-23(16-21)41-29(32,33)34)22-11-7-13-24(17-22)42-30(35,36)37/h1-17H,18-19H2,(H,38,39). The maximum absolute atomic E-state index is 13.1. The molecule has 1 N–H and O–H groups in total. The lowest BCUT2D eigenvalue weighted by Gasteiger charge is -2.36. The van der Waals surface area contributed by atoms with Gasteiger partial charge in [-0.15, -0.1) is 26.3 Å². The maximum Gasteiger partial charge on any atom is 0.573 e. The summed E-state index contributed by atoms with van der Waals surface area (Å²) in [7, 11) is 0. The lowest BCUT2D eigenvalue weighted by atomic mass is 9.70. The molecule has 0 heterocycles. The van der Waals surface area contributed by atoms with Gasteiger partial charge in [-0.3, -0.25) is 0 Å². The van der Waals surface area contributed by atoms with Gasteiger partial charge in [-0.1, -0.05) is 78.3 Å². The van der Waals surface area contributed by atoms with Crippen LogP contribution in [0, 0.1) is 0 Å². The zero-order valence-corrected chi connectivity index (χ0v) is 22.3. The van der Waals surface area contributed by atoms with Gasteiger partial charge >= 0.3 is 18.8 Å². The summed E-state index contributed by atoms with van der Waals surface area (Å²) >= 11 is 6.08. The van der Waals surface area contributed by atoms with Crippen molar-refractivity contribution >= 4 is 17.7 Å². The quantitative estimate of drug-likeness (QED) is 0.194. The molecule has 4 rings (SSSR count). The minimum atomic E-state index is -5.00. The van der Waals surface area contributed by atoms with Crippen molar-refractivity contribution in [2.45, 2.75) is 24.6 Å². The number of rotatable bonds is 9. The van der Waals surface area contributed by atoms with E-state index in [0.29, 0.717) is 5.56 Å². The van der Waals surface area contributed by atoms with Crippen molar-refractivity contribution in [2.24, 2.45) is 0 Å². The van der Waals surface area contributed by atoms with Crippen LogP contribution in [0.4, 0.5) is 31.1 Å². The maximum atomic E-state index is 13.1. The van der Waals surface area contributed by atoms with Crippen LogP contribution in [0.25, 0.3) is 0 Å². The number of nitrogens with one attached hydrogen (secondary N) is 1. The SMILES string of the molecule is O=C(NCC(Cc1ccccc1)(c1cccc(OC(F)(F)F)c1)c1cccc(OC(F)(F)F)c1)Oc1ccccc1Cl. The molecule has 0 aliphatic carbocycles. The van der Waals surface area contributed by atoms with E-state index in [1.807, 2.05) is 0 Å². The van der Waals surface area contributed by atoms with Gasteiger partial charge in [0.25, 0.3) is 0 Å². The van der Waals surface area contributed by atoms with Gasteiger partial charge in [0.2, 0.25) is 0 Å². The lowest BCUT2D eigenvalue weighted by molar-refractivity contribution is -0.275. The molecule has 1 amide bonds. The zero-order valence-electron chi connectivity index (χ0n) is 21.5. The second kappa shape index (κ2) is 12.6. The average molecular weight is 610 g/mol. The van der Waals surface area contributed by atoms with Gasteiger partial charge in [0, 0.05) is 12.0 Å². The van der Waals surface area contributed by atoms with Crippen LogP contribution >= 0.6 is 11.6 Å². The summed E-state index contributed by atoms with van der Waals surface area (Å²) in [4.78, 5) is 12.9. The Balaban J connectivity index is 1.83. The second-order valence-electron chi connectivity index (χ2n) is 9.07. The highest BCUT2D eigenvalue weighted by atomic mass is 35.5. The van der Waals surface area contributed by atoms with Crippen LogP contribution in [0.3, 0.4) is 0 Å². The first-order valence-electron chi connectivity index (χ1n) is 12.3. The first-order valence-corrected chi connectivity index (χ1v) is 12.7. The van der Waals surface area contributed by atoms with Crippen molar-refractivity contribution < 1.29 is 45.3 Å². The molecule has 0 fully saturated rings.